The number of carbonyl (C=O) groups excluding carboxylic acids is 2. The average molecular weight is 565 g/mol. The van der Waals surface area contributed by atoms with E-state index in [1.165, 1.54) is 30.2 Å². The van der Waals surface area contributed by atoms with Crippen molar-refractivity contribution in [2.75, 3.05) is 45.8 Å². The molecule has 0 radical (unpaired) electrons. The molecule has 2 atom stereocenters. The molecule has 2 aromatic carbocycles. The summed E-state index contributed by atoms with van der Waals surface area (Å²) in [5.74, 6) is 1.24. The maximum Gasteiger partial charge on any atom is 0.270 e. The fourth-order valence-corrected chi connectivity index (χ4v) is 6.70. The molecule has 1 aliphatic heterocycles. The lowest BCUT2D eigenvalue weighted by atomic mass is 9.49. The van der Waals surface area contributed by atoms with Gasteiger partial charge in [0, 0.05) is 57.9 Å². The fourth-order valence-electron chi connectivity index (χ4n) is 6.45. The summed E-state index contributed by atoms with van der Waals surface area (Å²) in [5.41, 5.74) is 2.89. The lowest BCUT2D eigenvalue weighted by molar-refractivity contribution is -0.384. The normalized spacial score (nSPS) is 21.8. The third kappa shape index (κ3) is 5.93. The number of halogens is 1. The highest BCUT2D eigenvalue weighted by Crippen LogP contribution is 2.59. The van der Waals surface area contributed by atoms with Crippen LogP contribution in [-0.4, -0.2) is 77.3 Å². The molecular formula is C31H37ClN4O4. The van der Waals surface area contributed by atoms with Gasteiger partial charge >= 0.3 is 0 Å². The first-order valence-electron chi connectivity index (χ1n) is 14.1. The molecule has 1 heterocycles. The number of carbonyl (C=O) groups is 2. The van der Waals surface area contributed by atoms with Crippen LogP contribution in [-0.2, 0) is 11.2 Å². The van der Waals surface area contributed by atoms with Crippen molar-refractivity contribution >= 4 is 29.1 Å². The van der Waals surface area contributed by atoms with Crippen LogP contribution in [0.3, 0.4) is 0 Å². The summed E-state index contributed by atoms with van der Waals surface area (Å²) in [4.78, 5) is 43.1. The van der Waals surface area contributed by atoms with E-state index in [0.717, 1.165) is 24.4 Å². The fraction of sp³-hybridized carbons (Fsp3) is 0.484. The van der Waals surface area contributed by atoms with Gasteiger partial charge in [-0.1, -0.05) is 67.4 Å². The number of amides is 2. The van der Waals surface area contributed by atoms with Crippen LogP contribution in [0.2, 0.25) is 5.02 Å². The Balaban J connectivity index is 1.19. The monoisotopic (exact) mass is 564 g/mol. The predicted molar refractivity (Wildman–Crippen MR) is 155 cm³/mol. The Hall–Kier alpha value is -3.23. The summed E-state index contributed by atoms with van der Waals surface area (Å²) in [6.07, 6.45) is 5.10. The van der Waals surface area contributed by atoms with Gasteiger partial charge < -0.3 is 9.80 Å². The van der Waals surface area contributed by atoms with Crippen LogP contribution in [0.25, 0.3) is 0 Å². The molecule has 4 aliphatic rings. The summed E-state index contributed by atoms with van der Waals surface area (Å²) in [7, 11) is 0. The first-order valence-corrected chi connectivity index (χ1v) is 14.5. The minimum absolute atomic E-state index is 0.0900. The molecule has 2 fully saturated rings. The number of hydrogen-bond donors (Lipinski definition) is 0. The molecule has 0 spiro atoms. The number of piperazine rings is 1. The van der Waals surface area contributed by atoms with Crippen molar-refractivity contribution < 1.29 is 14.5 Å². The summed E-state index contributed by atoms with van der Waals surface area (Å²) in [6.45, 7) is 9.24. The Bertz CT molecular complexity index is 1300. The SMILES string of the molecule is CC1(C)C2CC=C(CN(CCN3CCN(C(=O)c4ccc([N+](=O)[O-])cc4Cl)CC3)C(=O)Cc3ccccc3)C1C2. The van der Waals surface area contributed by atoms with Gasteiger partial charge in [-0.2, -0.15) is 0 Å². The molecule has 2 amide bonds. The molecule has 1 saturated carbocycles. The van der Waals surface area contributed by atoms with E-state index in [9.17, 15) is 19.7 Å². The lowest BCUT2D eigenvalue weighted by Crippen LogP contribution is -2.52. The Morgan fingerprint density at radius 1 is 1.10 bits per heavy atom. The number of nitrogens with zero attached hydrogens (tertiary/aromatic N) is 4. The molecule has 40 heavy (non-hydrogen) atoms. The molecule has 1 saturated heterocycles. The standard InChI is InChI=1S/C31H37ClN4O4/c1-31(2)24-9-8-23(27(31)19-24)21-35(29(37)18-22-6-4-3-5-7-22)17-14-33-12-15-34(16-13-33)30(38)26-11-10-25(36(39)40)20-28(26)32/h3-8,10-11,20,24,27H,9,12-19,21H2,1-2H3. The molecule has 2 bridgehead atoms. The van der Waals surface area contributed by atoms with Crippen LogP contribution < -0.4 is 0 Å². The third-order valence-corrected chi connectivity index (χ3v) is 9.56. The third-order valence-electron chi connectivity index (χ3n) is 9.25. The summed E-state index contributed by atoms with van der Waals surface area (Å²) >= 11 is 6.19. The van der Waals surface area contributed by atoms with E-state index in [2.05, 4.69) is 24.8 Å². The topological polar surface area (TPSA) is 87.0 Å². The van der Waals surface area contributed by atoms with Gasteiger partial charge in [-0.15, -0.1) is 0 Å². The second kappa shape index (κ2) is 11.7. The molecule has 212 valence electrons. The zero-order valence-corrected chi connectivity index (χ0v) is 24.0. The van der Waals surface area contributed by atoms with Crippen LogP contribution in [0, 0.1) is 27.4 Å². The molecule has 2 aromatic rings. The van der Waals surface area contributed by atoms with Gasteiger partial charge in [0.2, 0.25) is 5.91 Å². The highest BCUT2D eigenvalue weighted by molar-refractivity contribution is 6.34. The van der Waals surface area contributed by atoms with Crippen LogP contribution in [0.5, 0.6) is 0 Å². The Labute approximate surface area is 240 Å². The van der Waals surface area contributed by atoms with Crippen molar-refractivity contribution in [1.82, 2.24) is 14.7 Å². The lowest BCUT2D eigenvalue weighted by Gasteiger charge is -2.57. The van der Waals surface area contributed by atoms with Gasteiger partial charge in [0.1, 0.15) is 0 Å². The van der Waals surface area contributed by atoms with Gasteiger partial charge in [0.15, 0.2) is 0 Å². The van der Waals surface area contributed by atoms with E-state index < -0.39 is 4.92 Å². The van der Waals surface area contributed by atoms with Gasteiger partial charge in [-0.3, -0.25) is 24.6 Å². The van der Waals surface area contributed by atoms with Crippen LogP contribution in [0.4, 0.5) is 5.69 Å². The smallest absolute Gasteiger partial charge is 0.270 e. The van der Waals surface area contributed by atoms with E-state index >= 15 is 0 Å². The van der Waals surface area contributed by atoms with Gasteiger partial charge in [0.25, 0.3) is 11.6 Å². The van der Waals surface area contributed by atoms with Crippen molar-refractivity contribution in [3.05, 3.63) is 86.4 Å². The van der Waals surface area contributed by atoms with Crippen LogP contribution >= 0.6 is 11.6 Å². The number of benzene rings is 2. The molecule has 8 nitrogen and oxygen atoms in total. The molecule has 6 rings (SSSR count). The molecule has 0 N–H and O–H groups in total. The molecule has 9 heteroatoms. The van der Waals surface area contributed by atoms with E-state index in [4.69, 9.17) is 11.6 Å². The van der Waals surface area contributed by atoms with Gasteiger partial charge in [-0.05, 0) is 41.7 Å². The van der Waals surface area contributed by atoms with Crippen molar-refractivity contribution in [2.45, 2.75) is 33.1 Å². The van der Waals surface area contributed by atoms with Crippen molar-refractivity contribution in [3.63, 3.8) is 0 Å². The minimum atomic E-state index is -0.526. The van der Waals surface area contributed by atoms with Crippen molar-refractivity contribution in [1.29, 1.82) is 0 Å². The maximum atomic E-state index is 13.5. The van der Waals surface area contributed by atoms with Crippen molar-refractivity contribution in [3.8, 4) is 0 Å². The van der Waals surface area contributed by atoms with E-state index in [1.807, 2.05) is 35.2 Å². The Kier molecular flexibility index (Phi) is 8.29. The summed E-state index contributed by atoms with van der Waals surface area (Å²) in [6, 6.07) is 13.9. The largest absolute Gasteiger partial charge is 0.337 e. The Morgan fingerprint density at radius 2 is 1.82 bits per heavy atom. The number of nitro benzene ring substituents is 1. The predicted octanol–water partition coefficient (Wildman–Crippen LogP) is 5.07. The zero-order valence-electron chi connectivity index (χ0n) is 23.2. The minimum Gasteiger partial charge on any atom is -0.337 e. The number of allylic oxidation sites excluding steroid dienone is 1. The van der Waals surface area contributed by atoms with Crippen molar-refractivity contribution in [2.24, 2.45) is 17.3 Å². The maximum absolute atomic E-state index is 13.5. The second-order valence-electron chi connectivity index (χ2n) is 11.9. The van der Waals surface area contributed by atoms with E-state index in [0.29, 0.717) is 57.0 Å². The number of rotatable bonds is 9. The molecule has 2 unspecified atom stereocenters. The molecule has 3 aliphatic carbocycles. The quantitative estimate of drug-likeness (QED) is 0.241. The zero-order chi connectivity index (χ0) is 28.4. The highest BCUT2D eigenvalue weighted by atomic mass is 35.5. The second-order valence-corrected chi connectivity index (χ2v) is 12.3. The number of fused-ring (bicyclic) bond motifs is 1. The average Bonchev–Trinajstić information content (AvgIpc) is 2.95. The van der Waals surface area contributed by atoms with Crippen LogP contribution in [0.15, 0.2) is 60.2 Å². The molecule has 0 aromatic heterocycles. The van der Waals surface area contributed by atoms with E-state index in [-0.39, 0.29) is 28.1 Å². The first kappa shape index (κ1) is 28.3. The van der Waals surface area contributed by atoms with Gasteiger partial charge in [-0.25, -0.2) is 0 Å². The first-order chi connectivity index (χ1) is 19.1. The summed E-state index contributed by atoms with van der Waals surface area (Å²) < 4.78 is 0. The number of hydrogen-bond acceptors (Lipinski definition) is 5. The van der Waals surface area contributed by atoms with E-state index in [1.54, 1.807) is 4.90 Å². The Morgan fingerprint density at radius 3 is 2.45 bits per heavy atom. The van der Waals surface area contributed by atoms with Gasteiger partial charge in [0.05, 0.1) is 21.9 Å². The van der Waals surface area contributed by atoms with Crippen LogP contribution in [0.1, 0.15) is 42.6 Å². The molecular weight excluding hydrogens is 528 g/mol. The highest BCUT2D eigenvalue weighted by Gasteiger charge is 2.51. The number of non-ortho nitro benzene ring substituents is 1. The summed E-state index contributed by atoms with van der Waals surface area (Å²) in [5, 5.41) is 11.1. The number of nitro groups is 1.